The van der Waals surface area contributed by atoms with Crippen LogP contribution in [0.15, 0.2) is 66.4 Å². The second-order valence-electron chi connectivity index (χ2n) is 5.82. The average molecular weight is 342 g/mol. The summed E-state index contributed by atoms with van der Waals surface area (Å²) in [4.78, 5) is 23.9. The molecule has 25 heavy (non-hydrogen) atoms. The fourth-order valence-corrected chi connectivity index (χ4v) is 2.26. The third-order valence-electron chi connectivity index (χ3n) is 3.56. The molecular weight excluding hydrogens is 323 g/mol. The highest BCUT2D eigenvalue weighted by Crippen LogP contribution is 2.28. The second kappa shape index (κ2) is 8.24. The molecule has 0 heterocycles. The molecule has 2 aromatic carbocycles. The van der Waals surface area contributed by atoms with Crippen LogP contribution in [0, 0.1) is 11.7 Å². The molecule has 0 radical (unpaired) electrons. The van der Waals surface area contributed by atoms with Crippen LogP contribution >= 0.6 is 0 Å². The largest absolute Gasteiger partial charge is 0.481 e. The van der Waals surface area contributed by atoms with Crippen molar-refractivity contribution in [3.05, 3.63) is 83.4 Å². The van der Waals surface area contributed by atoms with Gasteiger partial charge in [0.25, 0.3) is 0 Å². The molecule has 0 saturated heterocycles. The number of carbonyl (C=O) groups is 2. The predicted molar refractivity (Wildman–Crippen MR) is 91.6 cm³/mol. The molecular formula is C20H19FO4. The molecule has 130 valence electrons. The number of hydrogen-bond acceptors (Lipinski definition) is 3. The van der Waals surface area contributed by atoms with Crippen molar-refractivity contribution in [1.29, 1.82) is 0 Å². The van der Waals surface area contributed by atoms with Crippen molar-refractivity contribution in [3.63, 3.8) is 0 Å². The molecule has 1 atom stereocenters. The second-order valence-corrected chi connectivity index (χ2v) is 5.82. The first-order chi connectivity index (χ1) is 11.9. The molecule has 1 N–H and O–H groups in total. The molecule has 0 fully saturated rings. The standard InChI is InChI=1S/C20H19FO4/c1-13(2)17(12-18(22)23)25-20(15-6-4-3-5-7-15)19(24)14-8-10-16(21)11-9-14/h3-13,20H,1-2H3,(H,22,23). The van der Waals surface area contributed by atoms with Crippen LogP contribution < -0.4 is 0 Å². The zero-order valence-corrected chi connectivity index (χ0v) is 14.0. The van der Waals surface area contributed by atoms with Crippen molar-refractivity contribution in [2.24, 2.45) is 5.92 Å². The lowest BCUT2D eigenvalue weighted by Crippen LogP contribution is -2.18. The maximum atomic E-state index is 13.1. The molecule has 5 heteroatoms. The van der Waals surface area contributed by atoms with E-state index in [4.69, 9.17) is 9.84 Å². The number of carbonyl (C=O) groups excluding carboxylic acids is 1. The highest BCUT2D eigenvalue weighted by atomic mass is 19.1. The van der Waals surface area contributed by atoms with Gasteiger partial charge in [0, 0.05) is 17.0 Å². The van der Waals surface area contributed by atoms with Crippen LogP contribution in [-0.4, -0.2) is 16.9 Å². The van der Waals surface area contributed by atoms with Crippen molar-refractivity contribution in [1.82, 2.24) is 0 Å². The van der Waals surface area contributed by atoms with Gasteiger partial charge in [0.15, 0.2) is 6.10 Å². The molecule has 0 aromatic heterocycles. The fourth-order valence-electron chi connectivity index (χ4n) is 2.26. The molecule has 4 nitrogen and oxygen atoms in total. The van der Waals surface area contributed by atoms with E-state index >= 15 is 0 Å². The van der Waals surface area contributed by atoms with Gasteiger partial charge in [-0.3, -0.25) is 4.79 Å². The molecule has 0 spiro atoms. The minimum Gasteiger partial charge on any atom is -0.481 e. The maximum absolute atomic E-state index is 13.1. The molecule has 0 aliphatic rings. The lowest BCUT2D eigenvalue weighted by Gasteiger charge is -2.22. The Kier molecular flexibility index (Phi) is 6.06. The van der Waals surface area contributed by atoms with E-state index in [-0.39, 0.29) is 23.0 Å². The van der Waals surface area contributed by atoms with Crippen LogP contribution in [0.4, 0.5) is 4.39 Å². The monoisotopic (exact) mass is 342 g/mol. The Hall–Kier alpha value is -2.95. The van der Waals surface area contributed by atoms with Crippen LogP contribution in [0.1, 0.15) is 35.9 Å². The number of carboxylic acid groups (broad SMARTS) is 1. The number of allylic oxidation sites excluding steroid dienone is 1. The number of ether oxygens (including phenoxy) is 1. The zero-order valence-electron chi connectivity index (χ0n) is 14.0. The van der Waals surface area contributed by atoms with Gasteiger partial charge in [0.05, 0.1) is 6.08 Å². The summed E-state index contributed by atoms with van der Waals surface area (Å²) < 4.78 is 18.9. The summed E-state index contributed by atoms with van der Waals surface area (Å²) in [5.74, 6) is -1.99. The number of halogens is 1. The summed E-state index contributed by atoms with van der Waals surface area (Å²) in [6.07, 6.45) is -0.0573. The quantitative estimate of drug-likeness (QED) is 0.460. The smallest absolute Gasteiger partial charge is 0.331 e. The summed E-state index contributed by atoms with van der Waals surface area (Å²) in [6, 6.07) is 13.9. The molecule has 2 aromatic rings. The lowest BCUT2D eigenvalue weighted by atomic mass is 9.99. The minimum atomic E-state index is -1.15. The van der Waals surface area contributed by atoms with Crippen molar-refractivity contribution in [3.8, 4) is 0 Å². The minimum absolute atomic E-state index is 0.191. The normalized spacial score (nSPS) is 12.7. The lowest BCUT2D eigenvalue weighted by molar-refractivity contribution is -0.131. The van der Waals surface area contributed by atoms with Gasteiger partial charge < -0.3 is 9.84 Å². The number of carboxylic acids is 1. The average Bonchev–Trinajstić information content (AvgIpc) is 2.59. The van der Waals surface area contributed by atoms with E-state index in [0.29, 0.717) is 5.56 Å². The maximum Gasteiger partial charge on any atom is 0.331 e. The number of benzene rings is 2. The van der Waals surface area contributed by atoms with E-state index in [9.17, 15) is 14.0 Å². The molecule has 0 bridgehead atoms. The van der Waals surface area contributed by atoms with Gasteiger partial charge in [-0.05, 0) is 24.3 Å². The summed E-state index contributed by atoms with van der Waals surface area (Å²) >= 11 is 0. The van der Waals surface area contributed by atoms with E-state index in [2.05, 4.69) is 0 Å². The van der Waals surface area contributed by atoms with Crippen molar-refractivity contribution in [2.45, 2.75) is 20.0 Å². The molecule has 0 aliphatic carbocycles. The molecule has 0 amide bonds. The van der Waals surface area contributed by atoms with E-state index in [1.165, 1.54) is 24.3 Å². The van der Waals surface area contributed by atoms with Crippen LogP contribution in [0.3, 0.4) is 0 Å². The van der Waals surface area contributed by atoms with Crippen LogP contribution in [0.25, 0.3) is 0 Å². The van der Waals surface area contributed by atoms with Crippen molar-refractivity contribution < 1.29 is 23.8 Å². The van der Waals surface area contributed by atoms with Gasteiger partial charge in [0.1, 0.15) is 11.6 Å². The molecule has 2 rings (SSSR count). The van der Waals surface area contributed by atoms with Gasteiger partial charge in [0.2, 0.25) is 5.78 Å². The van der Waals surface area contributed by atoms with E-state index in [0.717, 1.165) is 6.08 Å². The summed E-state index contributed by atoms with van der Waals surface area (Å²) in [7, 11) is 0. The van der Waals surface area contributed by atoms with Crippen LogP contribution in [-0.2, 0) is 9.53 Å². The molecule has 0 aliphatic heterocycles. The van der Waals surface area contributed by atoms with Crippen molar-refractivity contribution in [2.75, 3.05) is 0 Å². The Balaban J connectivity index is 2.41. The Morgan fingerprint density at radius 2 is 1.64 bits per heavy atom. The van der Waals surface area contributed by atoms with Gasteiger partial charge in [-0.25, -0.2) is 9.18 Å². The third-order valence-corrected chi connectivity index (χ3v) is 3.56. The van der Waals surface area contributed by atoms with E-state index in [1.54, 1.807) is 44.2 Å². The zero-order chi connectivity index (χ0) is 18.4. The first-order valence-corrected chi connectivity index (χ1v) is 7.84. The number of Topliss-reactive ketones (excluding diaryl/α,β-unsaturated/α-hetero) is 1. The highest BCUT2D eigenvalue weighted by Gasteiger charge is 2.26. The number of rotatable bonds is 7. The first kappa shape index (κ1) is 18.4. The molecule has 0 saturated carbocycles. The van der Waals surface area contributed by atoms with Gasteiger partial charge in [-0.1, -0.05) is 44.2 Å². The fraction of sp³-hybridized carbons (Fsp3) is 0.200. The SMILES string of the molecule is CC(C)C(=CC(=O)O)OC(C(=O)c1ccc(F)cc1)c1ccccc1. The van der Waals surface area contributed by atoms with E-state index in [1.807, 2.05) is 0 Å². The summed E-state index contributed by atoms with van der Waals surface area (Å²) in [6.45, 7) is 3.55. The van der Waals surface area contributed by atoms with Crippen LogP contribution in [0.5, 0.6) is 0 Å². The van der Waals surface area contributed by atoms with Crippen LogP contribution in [0.2, 0.25) is 0 Å². The Morgan fingerprint density at radius 1 is 1.04 bits per heavy atom. The third kappa shape index (κ3) is 5.01. The number of hydrogen-bond donors (Lipinski definition) is 1. The Bertz CT molecular complexity index is 764. The highest BCUT2D eigenvalue weighted by molar-refractivity contribution is 6.00. The number of aliphatic carboxylic acids is 1. The summed E-state index contributed by atoms with van der Waals surface area (Å²) in [5, 5.41) is 9.02. The first-order valence-electron chi connectivity index (χ1n) is 7.84. The van der Waals surface area contributed by atoms with Gasteiger partial charge in [-0.2, -0.15) is 0 Å². The van der Waals surface area contributed by atoms with E-state index < -0.39 is 17.9 Å². The van der Waals surface area contributed by atoms with Gasteiger partial charge in [-0.15, -0.1) is 0 Å². The predicted octanol–water partition coefficient (Wildman–Crippen LogP) is 4.39. The Morgan fingerprint density at radius 3 is 2.16 bits per heavy atom. The topological polar surface area (TPSA) is 63.6 Å². The number of ketones is 1. The van der Waals surface area contributed by atoms with Gasteiger partial charge >= 0.3 is 5.97 Å². The summed E-state index contributed by atoms with van der Waals surface area (Å²) in [5.41, 5.74) is 0.877. The Labute approximate surface area is 145 Å². The van der Waals surface area contributed by atoms with Crippen molar-refractivity contribution >= 4 is 11.8 Å². The molecule has 1 unspecified atom stereocenters.